The molecule has 1 aliphatic heterocycles. The fraction of sp³-hybridized carbons (Fsp3) is 0.200. The number of amidine groups is 1. The smallest absolute Gasteiger partial charge is 0.328 e. The Kier molecular flexibility index (Phi) is 1.96. The van der Waals surface area contributed by atoms with E-state index < -0.39 is 12.0 Å². The molecule has 4 nitrogen and oxygen atoms in total. The number of nitrogens with zero attached hydrogens (tertiary/aromatic N) is 1. The van der Waals surface area contributed by atoms with Gasteiger partial charge < -0.3 is 10.8 Å². The van der Waals surface area contributed by atoms with Crippen molar-refractivity contribution in [3.63, 3.8) is 0 Å². The summed E-state index contributed by atoms with van der Waals surface area (Å²) in [5.41, 5.74) is 7.46. The van der Waals surface area contributed by atoms with E-state index >= 15 is 0 Å². The Morgan fingerprint density at radius 2 is 2.21 bits per heavy atom. The number of carboxylic acids is 1. The van der Waals surface area contributed by atoms with E-state index in [-0.39, 0.29) is 0 Å². The lowest BCUT2D eigenvalue weighted by Gasteiger charge is -2.18. The lowest BCUT2D eigenvalue weighted by atomic mass is 9.97. The van der Waals surface area contributed by atoms with Crippen LogP contribution >= 0.6 is 0 Å². The van der Waals surface area contributed by atoms with Crippen LogP contribution in [0.4, 0.5) is 0 Å². The van der Waals surface area contributed by atoms with Crippen molar-refractivity contribution < 1.29 is 9.90 Å². The van der Waals surface area contributed by atoms with Crippen molar-refractivity contribution in [3.8, 4) is 0 Å². The largest absolute Gasteiger partial charge is 0.480 e. The Morgan fingerprint density at radius 3 is 2.93 bits per heavy atom. The maximum absolute atomic E-state index is 10.7. The lowest BCUT2D eigenvalue weighted by Crippen LogP contribution is -2.31. The van der Waals surface area contributed by atoms with Crippen LogP contribution < -0.4 is 5.73 Å². The van der Waals surface area contributed by atoms with Gasteiger partial charge in [-0.3, -0.25) is 4.99 Å². The van der Waals surface area contributed by atoms with Crippen molar-refractivity contribution in [1.29, 1.82) is 0 Å². The van der Waals surface area contributed by atoms with Gasteiger partial charge in [-0.05, 0) is 5.56 Å². The molecule has 72 valence electrons. The summed E-state index contributed by atoms with van der Waals surface area (Å²) in [5.74, 6) is -0.610. The van der Waals surface area contributed by atoms with Crippen molar-refractivity contribution in [3.05, 3.63) is 35.4 Å². The van der Waals surface area contributed by atoms with Gasteiger partial charge >= 0.3 is 5.97 Å². The first-order valence-corrected chi connectivity index (χ1v) is 4.33. The Balaban J connectivity index is 2.44. The molecule has 0 radical (unpaired) electrons. The second-order valence-electron chi connectivity index (χ2n) is 3.23. The third kappa shape index (κ3) is 1.35. The number of aliphatic carboxylic acids is 1. The highest BCUT2D eigenvalue weighted by Gasteiger charge is 2.23. The first-order chi connectivity index (χ1) is 6.68. The van der Waals surface area contributed by atoms with Gasteiger partial charge in [0.05, 0.1) is 0 Å². The zero-order chi connectivity index (χ0) is 10.1. The SMILES string of the molecule is NC1=N[C@H](C(=O)O)Cc2ccccc21. The summed E-state index contributed by atoms with van der Waals surface area (Å²) in [7, 11) is 0. The minimum Gasteiger partial charge on any atom is -0.480 e. The molecule has 3 N–H and O–H groups in total. The van der Waals surface area contributed by atoms with E-state index in [9.17, 15) is 4.79 Å². The molecule has 1 aromatic rings. The molecule has 0 aromatic heterocycles. The molecule has 0 spiro atoms. The van der Waals surface area contributed by atoms with Crippen molar-refractivity contribution in [2.24, 2.45) is 10.7 Å². The fourth-order valence-corrected chi connectivity index (χ4v) is 1.58. The van der Waals surface area contributed by atoms with Crippen molar-refractivity contribution in [1.82, 2.24) is 0 Å². The maximum atomic E-state index is 10.7. The predicted octanol–water partition coefficient (Wildman–Crippen LogP) is 0.401. The van der Waals surface area contributed by atoms with Gasteiger partial charge in [0.25, 0.3) is 0 Å². The van der Waals surface area contributed by atoms with Crippen LogP contribution in [0.5, 0.6) is 0 Å². The number of rotatable bonds is 1. The van der Waals surface area contributed by atoms with E-state index in [1.807, 2.05) is 24.3 Å². The standard InChI is InChI=1S/C10H10N2O2/c11-9-7-4-2-1-3-6(7)5-8(12-9)10(13)14/h1-4,8H,5H2,(H2,11,12)(H,13,14)/t8-/m0/s1. The zero-order valence-corrected chi connectivity index (χ0v) is 7.47. The third-order valence-corrected chi connectivity index (χ3v) is 2.29. The van der Waals surface area contributed by atoms with E-state index in [1.54, 1.807) is 0 Å². The molecule has 4 heteroatoms. The normalized spacial score (nSPS) is 19.7. The van der Waals surface area contributed by atoms with Crippen LogP contribution in [0.15, 0.2) is 29.3 Å². The lowest BCUT2D eigenvalue weighted by molar-refractivity contribution is -0.138. The summed E-state index contributed by atoms with van der Waals surface area (Å²) < 4.78 is 0. The molecular weight excluding hydrogens is 180 g/mol. The predicted molar refractivity (Wildman–Crippen MR) is 52.3 cm³/mol. The quantitative estimate of drug-likeness (QED) is 0.673. The van der Waals surface area contributed by atoms with Crippen molar-refractivity contribution >= 4 is 11.8 Å². The number of carbonyl (C=O) groups is 1. The van der Waals surface area contributed by atoms with E-state index in [0.29, 0.717) is 12.3 Å². The van der Waals surface area contributed by atoms with Crippen LogP contribution in [0, 0.1) is 0 Å². The van der Waals surface area contributed by atoms with E-state index in [0.717, 1.165) is 11.1 Å². The number of carboxylic acid groups (broad SMARTS) is 1. The van der Waals surface area contributed by atoms with Crippen molar-refractivity contribution in [2.75, 3.05) is 0 Å². The number of hydrogen-bond donors (Lipinski definition) is 2. The number of benzene rings is 1. The highest BCUT2D eigenvalue weighted by Crippen LogP contribution is 2.17. The van der Waals surface area contributed by atoms with Crippen LogP contribution in [-0.4, -0.2) is 23.0 Å². The van der Waals surface area contributed by atoms with Gasteiger partial charge in [0.15, 0.2) is 6.04 Å². The summed E-state index contributed by atoms with van der Waals surface area (Å²) in [6, 6.07) is 6.74. The molecule has 2 rings (SSSR count). The van der Waals surface area contributed by atoms with Gasteiger partial charge in [-0.2, -0.15) is 0 Å². The minimum atomic E-state index is -0.928. The van der Waals surface area contributed by atoms with Gasteiger partial charge in [-0.25, -0.2) is 4.79 Å². The summed E-state index contributed by atoms with van der Waals surface area (Å²) in [4.78, 5) is 14.7. The number of aliphatic imine (C=N–C) groups is 1. The van der Waals surface area contributed by atoms with Crippen LogP contribution in [-0.2, 0) is 11.2 Å². The number of nitrogens with two attached hydrogens (primary N) is 1. The van der Waals surface area contributed by atoms with Crippen LogP contribution in [0.3, 0.4) is 0 Å². The second-order valence-corrected chi connectivity index (χ2v) is 3.23. The second kappa shape index (κ2) is 3.14. The zero-order valence-electron chi connectivity index (χ0n) is 7.47. The van der Waals surface area contributed by atoms with Gasteiger partial charge in [-0.1, -0.05) is 24.3 Å². The summed E-state index contributed by atoms with van der Waals surface area (Å²) in [6.45, 7) is 0. The molecule has 1 heterocycles. The van der Waals surface area contributed by atoms with E-state index in [1.165, 1.54) is 0 Å². The van der Waals surface area contributed by atoms with Crippen LogP contribution in [0.25, 0.3) is 0 Å². The van der Waals surface area contributed by atoms with E-state index in [4.69, 9.17) is 10.8 Å². The Hall–Kier alpha value is -1.84. The molecule has 1 aromatic carbocycles. The first kappa shape index (κ1) is 8.74. The molecular formula is C10H10N2O2. The third-order valence-electron chi connectivity index (χ3n) is 2.29. The van der Waals surface area contributed by atoms with Crippen LogP contribution in [0.1, 0.15) is 11.1 Å². The molecule has 1 aliphatic rings. The molecule has 14 heavy (non-hydrogen) atoms. The molecule has 0 aliphatic carbocycles. The Labute approximate surface area is 81.1 Å². The highest BCUT2D eigenvalue weighted by molar-refractivity contribution is 6.01. The molecule has 0 saturated carbocycles. The highest BCUT2D eigenvalue weighted by atomic mass is 16.4. The molecule has 0 bridgehead atoms. The van der Waals surface area contributed by atoms with E-state index in [2.05, 4.69) is 4.99 Å². The average molecular weight is 190 g/mol. The van der Waals surface area contributed by atoms with Crippen molar-refractivity contribution in [2.45, 2.75) is 12.5 Å². The Bertz CT molecular complexity index is 412. The number of fused-ring (bicyclic) bond motifs is 1. The topological polar surface area (TPSA) is 75.7 Å². The van der Waals surface area contributed by atoms with Gasteiger partial charge in [-0.15, -0.1) is 0 Å². The maximum Gasteiger partial charge on any atom is 0.328 e. The summed E-state index contributed by atoms with van der Waals surface area (Å²) >= 11 is 0. The summed E-state index contributed by atoms with van der Waals surface area (Å²) in [6.07, 6.45) is 0.423. The molecule has 1 atom stereocenters. The van der Waals surface area contributed by atoms with Gasteiger partial charge in [0.2, 0.25) is 0 Å². The molecule has 0 unspecified atom stereocenters. The van der Waals surface area contributed by atoms with Gasteiger partial charge in [0, 0.05) is 12.0 Å². The molecule has 0 fully saturated rings. The fourth-order valence-electron chi connectivity index (χ4n) is 1.58. The first-order valence-electron chi connectivity index (χ1n) is 4.33. The monoisotopic (exact) mass is 190 g/mol. The van der Waals surface area contributed by atoms with Gasteiger partial charge in [0.1, 0.15) is 5.84 Å². The Morgan fingerprint density at radius 1 is 1.50 bits per heavy atom. The number of hydrogen-bond acceptors (Lipinski definition) is 3. The summed E-state index contributed by atoms with van der Waals surface area (Å²) in [5, 5.41) is 8.82. The van der Waals surface area contributed by atoms with Crippen LogP contribution in [0.2, 0.25) is 0 Å². The molecule has 0 saturated heterocycles. The molecule has 0 amide bonds. The average Bonchev–Trinajstić information content (AvgIpc) is 2.17. The minimum absolute atomic E-state index is 0.319.